The highest BCUT2D eigenvalue weighted by molar-refractivity contribution is 7.88. The zero-order valence-electron chi connectivity index (χ0n) is 18.0. The Morgan fingerprint density at radius 3 is 2.29 bits per heavy atom. The first-order valence-corrected chi connectivity index (χ1v) is 11.9. The standard InChI is InChI=1S/C22H29N3O5S/c1-15(2)25-31(27,28)14-18-6-4-17(5-7-18)13-23-22(26)24-16(3)19-8-9-20-21(12-19)30-11-10-29-20/h4-9,12,15-16,25H,10-11,13-14H2,1-3H3,(H2,23,24,26). The van der Waals surface area contributed by atoms with Gasteiger partial charge in [-0.3, -0.25) is 0 Å². The van der Waals surface area contributed by atoms with E-state index in [-0.39, 0.29) is 23.9 Å². The summed E-state index contributed by atoms with van der Waals surface area (Å²) in [6.07, 6.45) is 0. The van der Waals surface area contributed by atoms with E-state index in [2.05, 4.69) is 15.4 Å². The molecule has 0 fully saturated rings. The lowest BCUT2D eigenvalue weighted by atomic mass is 10.1. The van der Waals surface area contributed by atoms with Gasteiger partial charge in [0.2, 0.25) is 10.0 Å². The van der Waals surface area contributed by atoms with Gasteiger partial charge in [0.1, 0.15) is 13.2 Å². The number of ether oxygens (including phenoxy) is 2. The number of carbonyl (C=O) groups excluding carboxylic acids is 1. The summed E-state index contributed by atoms with van der Waals surface area (Å²) in [6.45, 7) is 6.84. The molecule has 1 heterocycles. The third-order valence-electron chi connectivity index (χ3n) is 4.66. The maximum atomic E-state index is 12.3. The molecule has 31 heavy (non-hydrogen) atoms. The van der Waals surface area contributed by atoms with E-state index in [0.717, 1.165) is 11.1 Å². The normalized spacial score (nSPS) is 14.2. The second-order valence-electron chi connectivity index (χ2n) is 7.80. The van der Waals surface area contributed by atoms with Crippen molar-refractivity contribution in [2.45, 2.75) is 45.2 Å². The fraction of sp³-hybridized carbons (Fsp3) is 0.409. The molecule has 0 bridgehead atoms. The molecule has 2 amide bonds. The second-order valence-corrected chi connectivity index (χ2v) is 9.55. The fourth-order valence-corrected chi connectivity index (χ4v) is 4.65. The Morgan fingerprint density at radius 2 is 1.61 bits per heavy atom. The summed E-state index contributed by atoms with van der Waals surface area (Å²) in [4.78, 5) is 12.3. The van der Waals surface area contributed by atoms with Crippen molar-refractivity contribution < 1.29 is 22.7 Å². The van der Waals surface area contributed by atoms with Crippen LogP contribution in [0.1, 0.15) is 43.5 Å². The molecule has 1 aliphatic heterocycles. The first kappa shape index (κ1) is 22.9. The number of fused-ring (bicyclic) bond motifs is 1. The predicted molar refractivity (Wildman–Crippen MR) is 119 cm³/mol. The summed E-state index contributed by atoms with van der Waals surface area (Å²) >= 11 is 0. The first-order chi connectivity index (χ1) is 14.7. The molecule has 0 aliphatic carbocycles. The molecule has 0 aromatic heterocycles. The van der Waals surface area contributed by atoms with Crippen molar-refractivity contribution in [2.24, 2.45) is 0 Å². The quantitative estimate of drug-likeness (QED) is 0.577. The van der Waals surface area contributed by atoms with Crippen LogP contribution in [0.25, 0.3) is 0 Å². The lowest BCUT2D eigenvalue weighted by molar-refractivity contribution is 0.171. The van der Waals surface area contributed by atoms with E-state index >= 15 is 0 Å². The maximum Gasteiger partial charge on any atom is 0.315 e. The van der Waals surface area contributed by atoms with E-state index in [0.29, 0.717) is 36.8 Å². The van der Waals surface area contributed by atoms with E-state index < -0.39 is 10.0 Å². The highest BCUT2D eigenvalue weighted by atomic mass is 32.2. The number of hydrogen-bond acceptors (Lipinski definition) is 5. The molecule has 0 radical (unpaired) electrons. The van der Waals surface area contributed by atoms with E-state index in [1.807, 2.05) is 37.3 Å². The molecule has 3 rings (SSSR count). The molecule has 2 aromatic rings. The number of amides is 2. The summed E-state index contributed by atoms with van der Waals surface area (Å²) in [7, 11) is -3.36. The lowest BCUT2D eigenvalue weighted by Gasteiger charge is -2.21. The lowest BCUT2D eigenvalue weighted by Crippen LogP contribution is -2.36. The van der Waals surface area contributed by atoms with Gasteiger partial charge in [0, 0.05) is 12.6 Å². The average Bonchev–Trinajstić information content (AvgIpc) is 2.71. The minimum absolute atomic E-state index is 0.0770. The molecular formula is C22H29N3O5S. The molecule has 9 heteroatoms. The monoisotopic (exact) mass is 447 g/mol. The van der Waals surface area contributed by atoms with Gasteiger partial charge >= 0.3 is 6.03 Å². The Bertz CT molecular complexity index is 1010. The van der Waals surface area contributed by atoms with E-state index in [4.69, 9.17) is 9.47 Å². The third-order valence-corrected chi connectivity index (χ3v) is 6.21. The van der Waals surface area contributed by atoms with Gasteiger partial charge in [-0.15, -0.1) is 0 Å². The van der Waals surface area contributed by atoms with Crippen molar-refractivity contribution in [3.63, 3.8) is 0 Å². The Labute approximate surface area is 183 Å². The molecular weight excluding hydrogens is 418 g/mol. The molecule has 1 unspecified atom stereocenters. The van der Waals surface area contributed by atoms with E-state index in [9.17, 15) is 13.2 Å². The van der Waals surface area contributed by atoms with Gasteiger partial charge in [-0.25, -0.2) is 17.9 Å². The minimum atomic E-state index is -3.36. The van der Waals surface area contributed by atoms with Crippen LogP contribution in [0, 0.1) is 0 Å². The number of rotatable bonds is 8. The summed E-state index contributed by atoms with van der Waals surface area (Å²) in [6, 6.07) is 12.1. The first-order valence-electron chi connectivity index (χ1n) is 10.2. The van der Waals surface area contributed by atoms with Crippen LogP contribution in [0.15, 0.2) is 42.5 Å². The molecule has 3 N–H and O–H groups in total. The van der Waals surface area contributed by atoms with Gasteiger partial charge in [0.15, 0.2) is 11.5 Å². The van der Waals surface area contributed by atoms with Gasteiger partial charge in [-0.2, -0.15) is 0 Å². The topological polar surface area (TPSA) is 106 Å². The van der Waals surface area contributed by atoms with Crippen LogP contribution in [0.2, 0.25) is 0 Å². The molecule has 2 aromatic carbocycles. The largest absolute Gasteiger partial charge is 0.486 e. The Morgan fingerprint density at radius 1 is 0.968 bits per heavy atom. The number of nitrogens with one attached hydrogen (secondary N) is 3. The van der Waals surface area contributed by atoms with Crippen LogP contribution in [0.4, 0.5) is 4.79 Å². The summed E-state index contributed by atoms with van der Waals surface area (Å²) in [5.74, 6) is 1.32. The smallest absolute Gasteiger partial charge is 0.315 e. The van der Waals surface area contributed by atoms with Crippen molar-refractivity contribution in [3.8, 4) is 11.5 Å². The van der Waals surface area contributed by atoms with Crippen LogP contribution in [-0.2, 0) is 22.3 Å². The van der Waals surface area contributed by atoms with Gasteiger partial charge in [-0.1, -0.05) is 30.3 Å². The van der Waals surface area contributed by atoms with Gasteiger partial charge in [-0.05, 0) is 49.6 Å². The van der Waals surface area contributed by atoms with Crippen molar-refractivity contribution in [2.75, 3.05) is 13.2 Å². The van der Waals surface area contributed by atoms with Crippen molar-refractivity contribution in [1.29, 1.82) is 0 Å². The van der Waals surface area contributed by atoms with Crippen LogP contribution in [0.5, 0.6) is 11.5 Å². The maximum absolute atomic E-state index is 12.3. The molecule has 0 spiro atoms. The number of hydrogen-bond donors (Lipinski definition) is 3. The van der Waals surface area contributed by atoms with Crippen LogP contribution in [-0.4, -0.2) is 33.7 Å². The van der Waals surface area contributed by atoms with Gasteiger partial charge < -0.3 is 20.1 Å². The number of urea groups is 1. The van der Waals surface area contributed by atoms with Crippen molar-refractivity contribution >= 4 is 16.1 Å². The SMILES string of the molecule is CC(C)NS(=O)(=O)Cc1ccc(CNC(=O)NC(C)c2ccc3c(c2)OCCO3)cc1. The molecule has 0 saturated heterocycles. The number of sulfonamides is 1. The van der Waals surface area contributed by atoms with Crippen LogP contribution in [0.3, 0.4) is 0 Å². The Balaban J connectivity index is 1.49. The molecule has 1 aliphatic rings. The van der Waals surface area contributed by atoms with Crippen molar-refractivity contribution in [1.82, 2.24) is 15.4 Å². The average molecular weight is 448 g/mol. The minimum Gasteiger partial charge on any atom is -0.486 e. The zero-order chi connectivity index (χ0) is 22.4. The fourth-order valence-electron chi connectivity index (χ4n) is 3.22. The molecule has 8 nitrogen and oxygen atoms in total. The van der Waals surface area contributed by atoms with Crippen molar-refractivity contribution in [3.05, 3.63) is 59.2 Å². The number of carbonyl (C=O) groups is 1. The summed E-state index contributed by atoms with van der Waals surface area (Å²) in [5.41, 5.74) is 2.48. The Kier molecular flexibility index (Phi) is 7.40. The molecule has 1 atom stereocenters. The molecule has 168 valence electrons. The highest BCUT2D eigenvalue weighted by Gasteiger charge is 2.16. The van der Waals surface area contributed by atoms with Gasteiger partial charge in [0.05, 0.1) is 11.8 Å². The van der Waals surface area contributed by atoms with Crippen LogP contribution >= 0.6 is 0 Å². The van der Waals surface area contributed by atoms with E-state index in [1.54, 1.807) is 26.0 Å². The predicted octanol–water partition coefficient (Wildman–Crippen LogP) is 2.85. The zero-order valence-corrected chi connectivity index (χ0v) is 18.8. The van der Waals surface area contributed by atoms with Gasteiger partial charge in [0.25, 0.3) is 0 Å². The third kappa shape index (κ3) is 6.86. The second kappa shape index (κ2) is 10.0. The summed E-state index contributed by atoms with van der Waals surface area (Å²) < 4.78 is 37.7. The number of benzene rings is 2. The Hall–Kier alpha value is -2.78. The van der Waals surface area contributed by atoms with E-state index in [1.165, 1.54) is 0 Å². The highest BCUT2D eigenvalue weighted by Crippen LogP contribution is 2.32. The van der Waals surface area contributed by atoms with Crippen LogP contribution < -0.4 is 24.8 Å². The molecule has 0 saturated carbocycles. The summed E-state index contributed by atoms with van der Waals surface area (Å²) in [5, 5.41) is 5.72.